The number of carbonyl (C=O) groups is 1. The van der Waals surface area contributed by atoms with Crippen LogP contribution in [0.2, 0.25) is 0 Å². The summed E-state index contributed by atoms with van der Waals surface area (Å²) in [4.78, 5) is 15.7. The molecule has 0 spiro atoms. The molecule has 0 radical (unpaired) electrons. The maximum atomic E-state index is 11.2. The van der Waals surface area contributed by atoms with Crippen molar-refractivity contribution in [2.45, 2.75) is 6.42 Å². The van der Waals surface area contributed by atoms with Gasteiger partial charge in [0.05, 0.1) is 16.6 Å². The number of thiazole rings is 1. The summed E-state index contributed by atoms with van der Waals surface area (Å²) in [5, 5.41) is 9.93. The Morgan fingerprint density at radius 2 is 1.91 bits per heavy atom. The molecule has 0 saturated heterocycles. The predicted octanol–water partition coefficient (Wildman–Crippen LogP) is 5.07. The third-order valence-electron chi connectivity index (χ3n) is 3.12. The predicted molar refractivity (Wildman–Crippen MR) is 93.9 cm³/mol. The van der Waals surface area contributed by atoms with Gasteiger partial charge in [-0.05, 0) is 41.5 Å². The monoisotopic (exact) mass is 373 g/mol. The minimum Gasteiger partial charge on any atom is -0.481 e. The van der Waals surface area contributed by atoms with E-state index in [-0.39, 0.29) is 6.42 Å². The molecule has 1 aromatic heterocycles. The van der Waals surface area contributed by atoms with Gasteiger partial charge in [-0.1, -0.05) is 40.2 Å². The Bertz CT molecular complexity index is 819. The number of para-hydroxylation sites is 1. The van der Waals surface area contributed by atoms with Crippen LogP contribution in [-0.2, 0) is 4.79 Å². The molecular formula is C17H12BrNO2S. The fourth-order valence-electron chi connectivity index (χ4n) is 2.12. The van der Waals surface area contributed by atoms with Crippen LogP contribution in [0.15, 0.2) is 53.0 Å². The van der Waals surface area contributed by atoms with Crippen molar-refractivity contribution in [3.63, 3.8) is 0 Å². The summed E-state index contributed by atoms with van der Waals surface area (Å²) in [6.07, 6.45) is 1.84. The van der Waals surface area contributed by atoms with Crippen molar-refractivity contribution in [3.05, 3.63) is 63.6 Å². The van der Waals surface area contributed by atoms with Crippen molar-refractivity contribution < 1.29 is 9.90 Å². The summed E-state index contributed by atoms with van der Waals surface area (Å²) < 4.78 is 2.05. The minimum absolute atomic E-state index is 0.0457. The molecule has 3 nitrogen and oxygen atoms in total. The molecule has 0 saturated carbocycles. The molecule has 0 aliphatic carbocycles. The standard InChI is InChI=1S/C17H12BrNO2S/c18-13-7-5-11(6-8-13)9-12(10-16(20)21)17-19-14-3-1-2-4-15(14)22-17/h1-9H,10H2,(H,20,21). The highest BCUT2D eigenvalue weighted by Crippen LogP contribution is 2.30. The SMILES string of the molecule is O=C(O)CC(=Cc1ccc(Br)cc1)c1nc2ccccc2s1. The average Bonchev–Trinajstić information content (AvgIpc) is 2.92. The van der Waals surface area contributed by atoms with Crippen LogP contribution < -0.4 is 0 Å². The van der Waals surface area contributed by atoms with E-state index in [1.807, 2.05) is 54.6 Å². The van der Waals surface area contributed by atoms with Crippen molar-refractivity contribution in [1.29, 1.82) is 0 Å². The molecule has 1 heterocycles. The molecule has 3 rings (SSSR count). The molecule has 0 unspecified atom stereocenters. The van der Waals surface area contributed by atoms with Gasteiger partial charge in [0.25, 0.3) is 0 Å². The molecule has 0 aliphatic heterocycles. The first-order chi connectivity index (χ1) is 10.6. The molecule has 0 amide bonds. The van der Waals surface area contributed by atoms with Gasteiger partial charge in [0.1, 0.15) is 5.01 Å². The van der Waals surface area contributed by atoms with Crippen LogP contribution in [0, 0.1) is 0 Å². The van der Waals surface area contributed by atoms with Gasteiger partial charge in [-0.15, -0.1) is 11.3 Å². The second kappa shape index (κ2) is 6.42. The molecule has 110 valence electrons. The molecule has 3 aromatic rings. The van der Waals surface area contributed by atoms with E-state index in [1.54, 1.807) is 0 Å². The lowest BCUT2D eigenvalue weighted by Gasteiger charge is -2.02. The molecule has 1 N–H and O–H groups in total. The van der Waals surface area contributed by atoms with Gasteiger partial charge in [-0.25, -0.2) is 4.98 Å². The molecule has 0 fully saturated rings. The molecule has 5 heteroatoms. The number of benzene rings is 2. The zero-order valence-corrected chi connectivity index (χ0v) is 13.9. The lowest BCUT2D eigenvalue weighted by Crippen LogP contribution is -1.96. The number of aliphatic carboxylic acids is 1. The quantitative estimate of drug-likeness (QED) is 0.693. The van der Waals surface area contributed by atoms with E-state index in [4.69, 9.17) is 0 Å². The second-order valence-corrected chi connectivity index (χ2v) is 6.72. The Morgan fingerprint density at radius 1 is 1.18 bits per heavy atom. The molecule has 2 aromatic carbocycles. The summed E-state index contributed by atoms with van der Waals surface area (Å²) in [6.45, 7) is 0. The first-order valence-electron chi connectivity index (χ1n) is 6.66. The van der Waals surface area contributed by atoms with Crippen LogP contribution in [0.3, 0.4) is 0 Å². The Kier molecular flexibility index (Phi) is 4.36. The number of aromatic nitrogens is 1. The second-order valence-electron chi connectivity index (χ2n) is 4.78. The molecule has 0 bridgehead atoms. The van der Waals surface area contributed by atoms with E-state index in [2.05, 4.69) is 20.9 Å². The number of halogens is 1. The maximum absolute atomic E-state index is 11.2. The van der Waals surface area contributed by atoms with E-state index in [0.29, 0.717) is 0 Å². The van der Waals surface area contributed by atoms with Crippen LogP contribution in [0.5, 0.6) is 0 Å². The summed E-state index contributed by atoms with van der Waals surface area (Å²) in [5.41, 5.74) is 2.57. The molecule has 0 atom stereocenters. The van der Waals surface area contributed by atoms with Crippen LogP contribution >= 0.6 is 27.3 Å². The zero-order valence-electron chi connectivity index (χ0n) is 11.5. The first-order valence-corrected chi connectivity index (χ1v) is 8.26. The number of hydrogen-bond acceptors (Lipinski definition) is 3. The minimum atomic E-state index is -0.859. The largest absolute Gasteiger partial charge is 0.481 e. The number of hydrogen-bond donors (Lipinski definition) is 1. The first kappa shape index (κ1) is 14.9. The van der Waals surface area contributed by atoms with E-state index in [9.17, 15) is 9.90 Å². The topological polar surface area (TPSA) is 50.2 Å². The highest BCUT2D eigenvalue weighted by Gasteiger charge is 2.12. The Hall–Kier alpha value is -1.98. The highest BCUT2D eigenvalue weighted by molar-refractivity contribution is 9.10. The van der Waals surface area contributed by atoms with Crippen molar-refractivity contribution >= 4 is 55.1 Å². The Labute approximate surface area is 140 Å². The summed E-state index contributed by atoms with van der Waals surface area (Å²) in [5.74, 6) is -0.859. The number of fused-ring (bicyclic) bond motifs is 1. The van der Waals surface area contributed by atoms with Crippen molar-refractivity contribution in [3.8, 4) is 0 Å². The van der Waals surface area contributed by atoms with Gasteiger partial charge in [-0.3, -0.25) is 4.79 Å². The third kappa shape index (κ3) is 3.43. The van der Waals surface area contributed by atoms with Gasteiger partial charge < -0.3 is 5.11 Å². The van der Waals surface area contributed by atoms with Gasteiger partial charge in [-0.2, -0.15) is 0 Å². The Morgan fingerprint density at radius 3 is 2.59 bits per heavy atom. The molecule has 22 heavy (non-hydrogen) atoms. The molecule has 0 aliphatic rings. The lowest BCUT2D eigenvalue weighted by molar-refractivity contribution is -0.135. The highest BCUT2D eigenvalue weighted by atomic mass is 79.9. The van der Waals surface area contributed by atoms with Gasteiger partial charge in [0.15, 0.2) is 0 Å². The molecular weight excluding hydrogens is 362 g/mol. The van der Waals surface area contributed by atoms with E-state index < -0.39 is 5.97 Å². The van der Waals surface area contributed by atoms with E-state index >= 15 is 0 Å². The smallest absolute Gasteiger partial charge is 0.307 e. The number of carboxylic acid groups (broad SMARTS) is 1. The lowest BCUT2D eigenvalue weighted by atomic mass is 10.1. The fraction of sp³-hybridized carbons (Fsp3) is 0.0588. The van der Waals surface area contributed by atoms with Crippen LogP contribution in [0.25, 0.3) is 21.9 Å². The van der Waals surface area contributed by atoms with Gasteiger partial charge in [0, 0.05) is 4.47 Å². The summed E-state index contributed by atoms with van der Waals surface area (Å²) >= 11 is 4.91. The third-order valence-corrected chi connectivity index (χ3v) is 4.76. The van der Waals surface area contributed by atoms with Gasteiger partial charge >= 0.3 is 5.97 Å². The number of rotatable bonds is 4. The van der Waals surface area contributed by atoms with Crippen LogP contribution in [-0.4, -0.2) is 16.1 Å². The van der Waals surface area contributed by atoms with Crippen LogP contribution in [0.4, 0.5) is 0 Å². The fourth-order valence-corrected chi connectivity index (χ4v) is 3.36. The number of carboxylic acids is 1. The van der Waals surface area contributed by atoms with E-state index in [0.717, 1.165) is 30.8 Å². The average molecular weight is 374 g/mol. The Balaban J connectivity index is 2.05. The van der Waals surface area contributed by atoms with Gasteiger partial charge in [0.2, 0.25) is 0 Å². The van der Waals surface area contributed by atoms with Crippen molar-refractivity contribution in [2.75, 3.05) is 0 Å². The normalized spacial score (nSPS) is 11.8. The summed E-state index contributed by atoms with van der Waals surface area (Å²) in [6, 6.07) is 15.6. The number of nitrogens with zero attached hydrogens (tertiary/aromatic N) is 1. The maximum Gasteiger partial charge on any atom is 0.307 e. The van der Waals surface area contributed by atoms with Crippen molar-refractivity contribution in [1.82, 2.24) is 4.98 Å². The van der Waals surface area contributed by atoms with Crippen molar-refractivity contribution in [2.24, 2.45) is 0 Å². The van der Waals surface area contributed by atoms with E-state index in [1.165, 1.54) is 11.3 Å². The van der Waals surface area contributed by atoms with Crippen LogP contribution in [0.1, 0.15) is 17.0 Å². The zero-order chi connectivity index (χ0) is 15.5. The summed E-state index contributed by atoms with van der Waals surface area (Å²) in [7, 11) is 0.